The molecule has 0 fully saturated rings. The van der Waals surface area contributed by atoms with E-state index in [4.69, 9.17) is 4.74 Å². The van der Waals surface area contributed by atoms with E-state index in [2.05, 4.69) is 43.5 Å². The predicted octanol–water partition coefficient (Wildman–Crippen LogP) is 12.4. The Balaban J connectivity index is 3.46. The molecule has 51 heavy (non-hydrogen) atoms. The number of hydrogen-bond donors (Lipinski definition) is 3. The number of amides is 1. The van der Waals surface area contributed by atoms with E-state index in [1.54, 1.807) is 0 Å². The van der Waals surface area contributed by atoms with Crippen LogP contribution in [0, 0.1) is 0 Å². The summed E-state index contributed by atoms with van der Waals surface area (Å²) < 4.78 is 5.43. The zero-order valence-corrected chi connectivity index (χ0v) is 33.8. The van der Waals surface area contributed by atoms with Crippen molar-refractivity contribution in [1.82, 2.24) is 5.32 Å². The molecule has 1 amide bonds. The average Bonchev–Trinajstić information content (AvgIpc) is 3.13. The van der Waals surface area contributed by atoms with Gasteiger partial charge >= 0.3 is 5.97 Å². The number of aliphatic hydroxyl groups excluding tert-OH is 2. The van der Waals surface area contributed by atoms with Crippen molar-refractivity contribution in [2.75, 3.05) is 13.2 Å². The van der Waals surface area contributed by atoms with Crippen molar-refractivity contribution >= 4 is 11.9 Å². The number of unbranched alkanes of at least 4 members (excludes halogenated alkanes) is 25. The Labute approximate surface area is 316 Å². The van der Waals surface area contributed by atoms with Gasteiger partial charge in [-0.2, -0.15) is 0 Å². The van der Waals surface area contributed by atoms with Crippen LogP contribution in [0.15, 0.2) is 24.3 Å². The van der Waals surface area contributed by atoms with Gasteiger partial charge in [-0.15, -0.1) is 0 Å². The molecule has 0 aromatic heterocycles. The van der Waals surface area contributed by atoms with Gasteiger partial charge in [-0.05, 0) is 51.4 Å². The van der Waals surface area contributed by atoms with Gasteiger partial charge in [-0.25, -0.2) is 0 Å². The lowest BCUT2D eigenvalue weighted by atomic mass is 10.0. The molecule has 0 aliphatic heterocycles. The number of hydrogen-bond acceptors (Lipinski definition) is 5. The van der Waals surface area contributed by atoms with Crippen LogP contribution in [0.4, 0.5) is 0 Å². The van der Waals surface area contributed by atoms with Crippen LogP contribution in [0.2, 0.25) is 0 Å². The molecule has 0 rings (SSSR count). The second-order valence-corrected chi connectivity index (χ2v) is 15.0. The Morgan fingerprint density at radius 3 is 1.57 bits per heavy atom. The maximum absolute atomic E-state index is 12.3. The van der Waals surface area contributed by atoms with Crippen molar-refractivity contribution in [3.05, 3.63) is 24.3 Å². The second kappa shape index (κ2) is 41.1. The molecule has 2 unspecified atom stereocenters. The minimum atomic E-state index is -0.672. The van der Waals surface area contributed by atoms with E-state index in [9.17, 15) is 19.8 Å². The summed E-state index contributed by atoms with van der Waals surface area (Å²) in [5.74, 6) is -0.0808. The van der Waals surface area contributed by atoms with Crippen LogP contribution in [0.3, 0.4) is 0 Å². The lowest BCUT2D eigenvalue weighted by Gasteiger charge is -2.22. The molecule has 6 nitrogen and oxygen atoms in total. The summed E-state index contributed by atoms with van der Waals surface area (Å²) >= 11 is 0. The first-order chi connectivity index (χ1) is 25.0. The summed E-state index contributed by atoms with van der Waals surface area (Å²) in [5.41, 5.74) is 0. The Bertz CT molecular complexity index is 797. The van der Waals surface area contributed by atoms with Crippen molar-refractivity contribution in [1.29, 1.82) is 0 Å². The van der Waals surface area contributed by atoms with Crippen LogP contribution in [-0.4, -0.2) is 47.4 Å². The van der Waals surface area contributed by atoms with E-state index in [1.165, 1.54) is 122 Å². The molecule has 0 aliphatic carbocycles. The fraction of sp³-hybridized carbons (Fsp3) is 0.867. The molecule has 2 atom stereocenters. The fourth-order valence-electron chi connectivity index (χ4n) is 6.56. The number of rotatable bonds is 40. The second-order valence-electron chi connectivity index (χ2n) is 15.0. The molecule has 3 N–H and O–H groups in total. The smallest absolute Gasteiger partial charge is 0.305 e. The molecule has 0 saturated carbocycles. The highest BCUT2D eigenvalue weighted by molar-refractivity contribution is 5.76. The van der Waals surface area contributed by atoms with E-state index in [0.29, 0.717) is 25.9 Å². The highest BCUT2D eigenvalue weighted by Crippen LogP contribution is 2.15. The topological polar surface area (TPSA) is 95.9 Å². The van der Waals surface area contributed by atoms with Crippen molar-refractivity contribution in [2.24, 2.45) is 0 Å². The summed E-state index contributed by atoms with van der Waals surface area (Å²) in [6.45, 7) is 4.81. The third-order valence-corrected chi connectivity index (χ3v) is 9.98. The SMILES string of the molecule is CCC/C=C\C/C=C\CCCCCCCC(=O)OCCCCCCCCCCCCCCC(=O)NC(CO)C(O)CCCCCCCCCCC. The number of ether oxygens (including phenoxy) is 1. The van der Waals surface area contributed by atoms with E-state index < -0.39 is 12.1 Å². The molecule has 0 spiro atoms. The highest BCUT2D eigenvalue weighted by Gasteiger charge is 2.20. The number of allylic oxidation sites excluding steroid dienone is 4. The van der Waals surface area contributed by atoms with Crippen LogP contribution >= 0.6 is 0 Å². The van der Waals surface area contributed by atoms with Gasteiger partial charge in [-0.3, -0.25) is 9.59 Å². The van der Waals surface area contributed by atoms with Crippen LogP contribution < -0.4 is 5.32 Å². The van der Waals surface area contributed by atoms with E-state index in [1.807, 2.05) is 0 Å². The summed E-state index contributed by atoms with van der Waals surface area (Å²) in [7, 11) is 0. The maximum atomic E-state index is 12.3. The van der Waals surface area contributed by atoms with E-state index >= 15 is 0 Å². The minimum absolute atomic E-state index is 0.0256. The first kappa shape index (κ1) is 49.3. The quantitative estimate of drug-likeness (QED) is 0.0333. The number of aliphatic hydroxyl groups is 2. The summed E-state index contributed by atoms with van der Waals surface area (Å²) in [4.78, 5) is 24.3. The van der Waals surface area contributed by atoms with Crippen LogP contribution in [0.5, 0.6) is 0 Å². The largest absolute Gasteiger partial charge is 0.466 e. The molecule has 0 aromatic carbocycles. The standard InChI is InChI=1S/C45H85NO5/c1-3-5-7-9-11-13-14-15-19-23-27-31-35-39-45(50)51-40-36-32-28-24-20-17-16-18-22-26-30-34-38-44(49)46-42(41-47)43(48)37-33-29-25-21-12-10-8-6-4-2/h7,9,13-14,42-43,47-48H,3-6,8,10-12,15-41H2,1-2H3,(H,46,49)/b9-7-,14-13-. The molecule has 0 aliphatic rings. The van der Waals surface area contributed by atoms with Crippen LogP contribution in [0.1, 0.15) is 226 Å². The zero-order chi connectivity index (χ0) is 37.3. The Kier molecular flexibility index (Phi) is 39.8. The molecule has 0 heterocycles. The molecule has 0 aromatic rings. The van der Waals surface area contributed by atoms with Crippen LogP contribution in [0.25, 0.3) is 0 Å². The number of carbonyl (C=O) groups is 2. The van der Waals surface area contributed by atoms with E-state index in [-0.39, 0.29) is 18.5 Å². The van der Waals surface area contributed by atoms with Crippen molar-refractivity contribution < 1.29 is 24.5 Å². The normalized spacial score (nSPS) is 12.9. The third-order valence-electron chi connectivity index (χ3n) is 9.98. The molecule has 0 radical (unpaired) electrons. The lowest BCUT2D eigenvalue weighted by molar-refractivity contribution is -0.143. The Morgan fingerprint density at radius 2 is 1.02 bits per heavy atom. The molecule has 0 saturated heterocycles. The van der Waals surface area contributed by atoms with E-state index in [0.717, 1.165) is 70.6 Å². The average molecular weight is 720 g/mol. The van der Waals surface area contributed by atoms with Crippen molar-refractivity contribution in [2.45, 2.75) is 238 Å². The predicted molar refractivity (Wildman–Crippen MR) is 218 cm³/mol. The molecule has 6 heteroatoms. The van der Waals surface area contributed by atoms with Crippen LogP contribution in [-0.2, 0) is 14.3 Å². The zero-order valence-electron chi connectivity index (χ0n) is 33.8. The first-order valence-corrected chi connectivity index (χ1v) is 22.1. The van der Waals surface area contributed by atoms with Gasteiger partial charge in [0, 0.05) is 12.8 Å². The number of esters is 1. The summed E-state index contributed by atoms with van der Waals surface area (Å²) in [5, 5.41) is 23.0. The molecular weight excluding hydrogens is 634 g/mol. The Hall–Kier alpha value is -1.66. The fourth-order valence-corrected chi connectivity index (χ4v) is 6.56. The van der Waals surface area contributed by atoms with Crippen molar-refractivity contribution in [3.8, 4) is 0 Å². The maximum Gasteiger partial charge on any atom is 0.305 e. The van der Waals surface area contributed by atoms with Gasteiger partial charge in [0.05, 0.1) is 25.4 Å². The number of carbonyl (C=O) groups excluding carboxylic acids is 2. The van der Waals surface area contributed by atoms with Gasteiger partial charge in [0.25, 0.3) is 0 Å². The van der Waals surface area contributed by atoms with Gasteiger partial charge in [0.15, 0.2) is 0 Å². The minimum Gasteiger partial charge on any atom is -0.466 e. The highest BCUT2D eigenvalue weighted by atomic mass is 16.5. The first-order valence-electron chi connectivity index (χ1n) is 22.1. The molecular formula is C45H85NO5. The molecule has 300 valence electrons. The third kappa shape index (κ3) is 37.9. The van der Waals surface area contributed by atoms with Gasteiger partial charge in [-0.1, -0.05) is 186 Å². The van der Waals surface area contributed by atoms with Crippen molar-refractivity contribution in [3.63, 3.8) is 0 Å². The summed E-state index contributed by atoms with van der Waals surface area (Å²) in [6.07, 6.45) is 45.6. The molecule has 0 bridgehead atoms. The lowest BCUT2D eigenvalue weighted by Crippen LogP contribution is -2.45. The monoisotopic (exact) mass is 720 g/mol. The number of nitrogens with one attached hydrogen (secondary N) is 1. The van der Waals surface area contributed by atoms with Gasteiger partial charge in [0.1, 0.15) is 0 Å². The summed E-state index contributed by atoms with van der Waals surface area (Å²) in [6, 6.07) is -0.551. The Morgan fingerprint density at radius 1 is 0.549 bits per heavy atom. The van der Waals surface area contributed by atoms with Gasteiger partial charge < -0.3 is 20.3 Å². The van der Waals surface area contributed by atoms with Gasteiger partial charge in [0.2, 0.25) is 5.91 Å².